The molecule has 122 valence electrons. The normalized spacial score (nSPS) is 13.5. The minimum atomic E-state index is -3.85. The number of carbonyl (C=O) groups is 1. The van der Waals surface area contributed by atoms with E-state index in [1.807, 2.05) is 6.07 Å². The van der Waals surface area contributed by atoms with Crippen LogP contribution in [0, 0.1) is 11.3 Å². The predicted octanol–water partition coefficient (Wildman–Crippen LogP) is 2.35. The lowest BCUT2D eigenvalue weighted by Crippen LogP contribution is -2.19. The summed E-state index contributed by atoms with van der Waals surface area (Å²) in [7, 11) is -3.85. The topological polar surface area (TPSA) is 96.3 Å². The van der Waals surface area contributed by atoms with Gasteiger partial charge in [0.1, 0.15) is 11.5 Å². The van der Waals surface area contributed by atoms with E-state index in [1.165, 1.54) is 12.1 Å². The Kier molecular flexibility index (Phi) is 4.23. The number of benzene rings is 2. The van der Waals surface area contributed by atoms with Crippen LogP contribution in [0.25, 0.3) is 0 Å². The second kappa shape index (κ2) is 6.34. The second-order valence-corrected chi connectivity index (χ2v) is 7.04. The van der Waals surface area contributed by atoms with Gasteiger partial charge in [-0.3, -0.25) is 4.79 Å². The number of nitrogens with one attached hydrogen (secondary N) is 1. The van der Waals surface area contributed by atoms with E-state index in [2.05, 4.69) is 5.32 Å². The van der Waals surface area contributed by atoms with Crippen LogP contribution in [0.4, 0.5) is 5.69 Å². The Morgan fingerprint density at radius 1 is 1.17 bits per heavy atom. The van der Waals surface area contributed by atoms with E-state index >= 15 is 0 Å². The van der Waals surface area contributed by atoms with E-state index in [0.717, 1.165) is 5.56 Å². The van der Waals surface area contributed by atoms with Gasteiger partial charge in [0.25, 0.3) is 0 Å². The van der Waals surface area contributed by atoms with Crippen molar-refractivity contribution in [2.24, 2.45) is 0 Å². The first-order valence-corrected chi connectivity index (χ1v) is 8.87. The minimum absolute atomic E-state index is 0.0545. The molecular formula is C17H14N2O4S. The number of hydrogen-bond acceptors (Lipinski definition) is 5. The summed E-state index contributed by atoms with van der Waals surface area (Å²) in [6.07, 6.45) is 0.910. The molecular weight excluding hydrogens is 328 g/mol. The van der Waals surface area contributed by atoms with Gasteiger partial charge in [-0.2, -0.15) is 13.7 Å². The molecule has 0 unspecified atom stereocenters. The lowest BCUT2D eigenvalue weighted by atomic mass is 10.0. The summed E-state index contributed by atoms with van der Waals surface area (Å²) in [5, 5.41) is 11.6. The minimum Gasteiger partial charge on any atom is -0.382 e. The zero-order valence-electron chi connectivity index (χ0n) is 12.7. The summed E-state index contributed by atoms with van der Waals surface area (Å²) < 4.78 is 29.6. The molecule has 0 radical (unpaired) electrons. The van der Waals surface area contributed by atoms with E-state index in [4.69, 9.17) is 9.44 Å². The largest absolute Gasteiger partial charge is 0.382 e. The fourth-order valence-electron chi connectivity index (χ4n) is 2.52. The van der Waals surface area contributed by atoms with Gasteiger partial charge >= 0.3 is 10.1 Å². The van der Waals surface area contributed by atoms with Gasteiger partial charge in [0.2, 0.25) is 5.91 Å². The molecule has 0 aliphatic carbocycles. The molecule has 2 aromatic rings. The number of fused-ring (bicyclic) bond motifs is 1. The summed E-state index contributed by atoms with van der Waals surface area (Å²) in [4.78, 5) is 11.3. The van der Waals surface area contributed by atoms with Crippen LogP contribution in [0.15, 0.2) is 42.5 Å². The quantitative estimate of drug-likeness (QED) is 0.860. The number of hydrogen-bond donors (Lipinski definition) is 1. The van der Waals surface area contributed by atoms with Crippen LogP contribution in [-0.4, -0.2) is 14.3 Å². The molecule has 1 aliphatic rings. The highest BCUT2D eigenvalue weighted by molar-refractivity contribution is 7.86. The number of nitrogens with zero attached hydrogens (tertiary/aromatic N) is 1. The van der Waals surface area contributed by atoms with Crippen LogP contribution in [-0.2, 0) is 27.1 Å². The average molecular weight is 342 g/mol. The van der Waals surface area contributed by atoms with Crippen molar-refractivity contribution in [3.05, 3.63) is 59.2 Å². The van der Waals surface area contributed by atoms with Gasteiger partial charge < -0.3 is 9.50 Å². The first kappa shape index (κ1) is 16.0. The molecule has 6 nitrogen and oxygen atoms in total. The Morgan fingerprint density at radius 3 is 2.79 bits per heavy atom. The van der Waals surface area contributed by atoms with Crippen molar-refractivity contribution in [1.29, 1.82) is 5.26 Å². The summed E-state index contributed by atoms with van der Waals surface area (Å²) >= 11 is 0. The van der Waals surface area contributed by atoms with E-state index in [9.17, 15) is 13.2 Å². The van der Waals surface area contributed by atoms with Gasteiger partial charge in [-0.15, -0.1) is 0 Å². The molecule has 0 saturated carbocycles. The number of anilines is 1. The van der Waals surface area contributed by atoms with Gasteiger partial charge in [-0.05, 0) is 47.9 Å². The summed E-state index contributed by atoms with van der Waals surface area (Å²) in [6.45, 7) is 0. The van der Waals surface area contributed by atoms with Crippen molar-refractivity contribution in [3.63, 3.8) is 0 Å². The van der Waals surface area contributed by atoms with Gasteiger partial charge in [0.05, 0.1) is 11.6 Å². The first-order valence-electron chi connectivity index (χ1n) is 7.29. The molecule has 1 heterocycles. The highest BCUT2D eigenvalue weighted by Crippen LogP contribution is 2.28. The number of rotatable bonds is 4. The molecule has 3 rings (SSSR count). The van der Waals surface area contributed by atoms with Crippen molar-refractivity contribution in [2.75, 3.05) is 5.32 Å². The van der Waals surface area contributed by atoms with E-state index in [-0.39, 0.29) is 17.4 Å². The molecule has 0 fully saturated rings. The molecule has 0 bridgehead atoms. The third-order valence-electron chi connectivity index (χ3n) is 3.59. The maximum absolute atomic E-state index is 12.2. The van der Waals surface area contributed by atoms with Crippen LogP contribution in [0.3, 0.4) is 0 Å². The Hall–Kier alpha value is -2.85. The fraction of sp³-hybridized carbons (Fsp3) is 0.176. The van der Waals surface area contributed by atoms with Gasteiger partial charge in [-0.1, -0.05) is 12.1 Å². The molecule has 1 amide bonds. The Labute approximate surface area is 139 Å². The second-order valence-electron chi connectivity index (χ2n) is 5.46. The number of aryl methyl sites for hydroxylation is 1. The summed E-state index contributed by atoms with van der Waals surface area (Å²) in [6, 6.07) is 13.1. The van der Waals surface area contributed by atoms with Crippen molar-refractivity contribution >= 4 is 21.7 Å². The average Bonchev–Trinajstić information content (AvgIpc) is 2.54. The molecule has 0 aromatic heterocycles. The number of carbonyl (C=O) groups excluding carboxylic acids is 1. The molecule has 2 aromatic carbocycles. The Bertz CT molecular complexity index is 945. The van der Waals surface area contributed by atoms with Crippen molar-refractivity contribution in [2.45, 2.75) is 18.6 Å². The van der Waals surface area contributed by atoms with E-state index < -0.39 is 10.1 Å². The molecule has 1 N–H and O–H groups in total. The molecule has 0 saturated heterocycles. The Balaban J connectivity index is 1.77. The zero-order chi connectivity index (χ0) is 17.2. The fourth-order valence-corrected chi connectivity index (χ4v) is 3.57. The number of amides is 1. The lowest BCUT2D eigenvalue weighted by molar-refractivity contribution is -0.116. The maximum Gasteiger partial charge on any atom is 0.313 e. The molecule has 24 heavy (non-hydrogen) atoms. The molecule has 0 atom stereocenters. The monoisotopic (exact) mass is 342 g/mol. The van der Waals surface area contributed by atoms with Crippen LogP contribution >= 0.6 is 0 Å². The van der Waals surface area contributed by atoms with E-state index in [1.54, 1.807) is 30.3 Å². The third kappa shape index (κ3) is 3.73. The van der Waals surface area contributed by atoms with Gasteiger partial charge in [0.15, 0.2) is 0 Å². The lowest BCUT2D eigenvalue weighted by Gasteiger charge is -2.17. The molecule has 1 aliphatic heterocycles. The van der Waals surface area contributed by atoms with Crippen molar-refractivity contribution < 1.29 is 17.4 Å². The Morgan fingerprint density at radius 2 is 2.00 bits per heavy atom. The predicted molar refractivity (Wildman–Crippen MR) is 87.8 cm³/mol. The highest BCUT2D eigenvalue weighted by atomic mass is 32.2. The summed E-state index contributed by atoms with van der Waals surface area (Å²) in [5.74, 6) is -0.168. The van der Waals surface area contributed by atoms with Crippen LogP contribution in [0.2, 0.25) is 0 Å². The van der Waals surface area contributed by atoms with Gasteiger partial charge in [0, 0.05) is 12.1 Å². The zero-order valence-corrected chi connectivity index (χ0v) is 13.5. The van der Waals surface area contributed by atoms with Crippen LogP contribution < -0.4 is 9.50 Å². The first-order chi connectivity index (χ1) is 11.4. The maximum atomic E-state index is 12.2. The molecule has 7 heteroatoms. The van der Waals surface area contributed by atoms with Crippen molar-refractivity contribution in [1.82, 2.24) is 0 Å². The smallest absolute Gasteiger partial charge is 0.313 e. The molecule has 0 spiro atoms. The van der Waals surface area contributed by atoms with Crippen LogP contribution in [0.5, 0.6) is 5.75 Å². The SMILES string of the molecule is N#Cc1cccc(CS(=O)(=O)Oc2ccc3c(c2)CCC(=O)N3)c1. The van der Waals surface area contributed by atoms with Gasteiger partial charge in [-0.25, -0.2) is 0 Å². The third-order valence-corrected chi connectivity index (χ3v) is 4.73. The number of nitriles is 1. The van der Waals surface area contributed by atoms with Crippen LogP contribution in [0.1, 0.15) is 23.1 Å². The summed E-state index contributed by atoms with van der Waals surface area (Å²) in [5.41, 5.74) is 2.40. The standard InChI is InChI=1S/C17H14N2O4S/c18-10-12-2-1-3-13(8-12)11-24(21,22)23-15-5-6-16-14(9-15)4-7-17(20)19-16/h1-3,5-6,8-9H,4,7,11H2,(H,19,20). The van der Waals surface area contributed by atoms with E-state index in [0.29, 0.717) is 29.7 Å². The van der Waals surface area contributed by atoms with Crippen molar-refractivity contribution in [3.8, 4) is 11.8 Å². The highest BCUT2D eigenvalue weighted by Gasteiger charge is 2.18.